The first-order valence-corrected chi connectivity index (χ1v) is 4.19. The maximum Gasteiger partial charge on any atom is 0.0174 e. The van der Waals surface area contributed by atoms with Crippen molar-refractivity contribution in [1.29, 1.82) is 0 Å². The number of hydrogen-bond donors (Lipinski definition) is 0. The van der Waals surface area contributed by atoms with Gasteiger partial charge < -0.3 is 0 Å². The standard InChI is InChI=1S/C7H12BrN/c1-2-9-5-3-7(8)4-6-9/h3H,2,4-6H2,1H3. The van der Waals surface area contributed by atoms with Crippen molar-refractivity contribution in [3.05, 3.63) is 10.6 Å². The Kier molecular flexibility index (Phi) is 2.73. The van der Waals surface area contributed by atoms with Gasteiger partial charge >= 0.3 is 0 Å². The van der Waals surface area contributed by atoms with E-state index in [1.807, 2.05) is 0 Å². The molecule has 0 saturated heterocycles. The Balaban J connectivity index is 2.36. The van der Waals surface area contributed by atoms with Crippen LogP contribution in [0.5, 0.6) is 0 Å². The topological polar surface area (TPSA) is 3.24 Å². The lowest BCUT2D eigenvalue weighted by molar-refractivity contribution is 0.314. The molecule has 2 heteroatoms. The zero-order chi connectivity index (χ0) is 6.69. The Morgan fingerprint density at radius 2 is 2.56 bits per heavy atom. The second-order valence-corrected chi connectivity index (χ2v) is 3.31. The van der Waals surface area contributed by atoms with E-state index in [1.165, 1.54) is 24.0 Å². The van der Waals surface area contributed by atoms with E-state index >= 15 is 0 Å². The normalized spacial score (nSPS) is 21.8. The van der Waals surface area contributed by atoms with Gasteiger partial charge in [-0.15, -0.1) is 0 Å². The highest BCUT2D eigenvalue weighted by atomic mass is 79.9. The maximum absolute atomic E-state index is 3.48. The molecule has 52 valence electrons. The fourth-order valence-electron chi connectivity index (χ4n) is 0.974. The smallest absolute Gasteiger partial charge is 0.0174 e. The lowest BCUT2D eigenvalue weighted by Gasteiger charge is -2.22. The Morgan fingerprint density at radius 3 is 3.00 bits per heavy atom. The molecule has 1 aliphatic heterocycles. The molecule has 1 nitrogen and oxygen atoms in total. The third-order valence-corrected chi connectivity index (χ3v) is 2.41. The molecule has 0 bridgehead atoms. The maximum atomic E-state index is 3.48. The van der Waals surface area contributed by atoms with Gasteiger partial charge in [-0.3, -0.25) is 4.90 Å². The number of hydrogen-bond acceptors (Lipinski definition) is 1. The molecule has 0 spiro atoms. The molecular formula is C7H12BrN. The molecule has 0 aromatic carbocycles. The van der Waals surface area contributed by atoms with Crippen molar-refractivity contribution >= 4 is 15.9 Å². The summed E-state index contributed by atoms with van der Waals surface area (Å²) < 4.78 is 1.37. The van der Waals surface area contributed by atoms with Crippen LogP contribution in [0.2, 0.25) is 0 Å². The summed E-state index contributed by atoms with van der Waals surface area (Å²) in [5.74, 6) is 0. The summed E-state index contributed by atoms with van der Waals surface area (Å²) in [6, 6.07) is 0. The van der Waals surface area contributed by atoms with E-state index in [2.05, 4.69) is 33.8 Å². The lowest BCUT2D eigenvalue weighted by Crippen LogP contribution is -2.27. The Hall–Kier alpha value is 0.180. The second kappa shape index (κ2) is 3.37. The zero-order valence-electron chi connectivity index (χ0n) is 5.73. The van der Waals surface area contributed by atoms with E-state index in [1.54, 1.807) is 0 Å². The number of halogens is 1. The van der Waals surface area contributed by atoms with Gasteiger partial charge in [-0.2, -0.15) is 0 Å². The predicted octanol–water partition coefficient (Wildman–Crippen LogP) is 1.99. The highest BCUT2D eigenvalue weighted by Crippen LogP contribution is 2.15. The summed E-state index contributed by atoms with van der Waals surface area (Å²) in [6.07, 6.45) is 3.43. The van der Waals surface area contributed by atoms with Gasteiger partial charge in [0, 0.05) is 13.1 Å². The number of likely N-dealkylation sites (N-methyl/N-ethyl adjacent to an activating group) is 1. The highest BCUT2D eigenvalue weighted by molar-refractivity contribution is 9.11. The van der Waals surface area contributed by atoms with E-state index < -0.39 is 0 Å². The van der Waals surface area contributed by atoms with E-state index in [0.717, 1.165) is 6.54 Å². The zero-order valence-corrected chi connectivity index (χ0v) is 7.32. The van der Waals surface area contributed by atoms with Crippen LogP contribution in [0.25, 0.3) is 0 Å². The minimum absolute atomic E-state index is 1.12. The molecule has 0 radical (unpaired) electrons. The first kappa shape index (κ1) is 7.29. The molecule has 0 N–H and O–H groups in total. The van der Waals surface area contributed by atoms with Crippen LogP contribution in [0.15, 0.2) is 10.6 Å². The summed E-state index contributed by atoms with van der Waals surface area (Å²) in [5.41, 5.74) is 0. The van der Waals surface area contributed by atoms with Crippen LogP contribution in [0.4, 0.5) is 0 Å². The molecule has 0 aromatic rings. The largest absolute Gasteiger partial charge is 0.300 e. The van der Waals surface area contributed by atoms with Gasteiger partial charge in [0.2, 0.25) is 0 Å². The monoisotopic (exact) mass is 189 g/mol. The van der Waals surface area contributed by atoms with Crippen molar-refractivity contribution in [2.75, 3.05) is 19.6 Å². The van der Waals surface area contributed by atoms with Gasteiger partial charge in [-0.25, -0.2) is 0 Å². The number of nitrogens with zero attached hydrogens (tertiary/aromatic N) is 1. The first-order chi connectivity index (χ1) is 4.33. The summed E-state index contributed by atoms with van der Waals surface area (Å²) in [7, 11) is 0. The van der Waals surface area contributed by atoms with Crippen molar-refractivity contribution in [3.63, 3.8) is 0 Å². The average molecular weight is 190 g/mol. The Labute approximate surface area is 64.9 Å². The molecule has 0 amide bonds. The molecule has 0 unspecified atom stereocenters. The van der Waals surface area contributed by atoms with Gasteiger partial charge in [-0.1, -0.05) is 28.9 Å². The van der Waals surface area contributed by atoms with Crippen molar-refractivity contribution in [2.45, 2.75) is 13.3 Å². The fourth-order valence-corrected chi connectivity index (χ4v) is 1.30. The molecular weight excluding hydrogens is 178 g/mol. The minimum atomic E-state index is 1.12. The van der Waals surface area contributed by atoms with Crippen LogP contribution < -0.4 is 0 Å². The van der Waals surface area contributed by atoms with Crippen molar-refractivity contribution in [3.8, 4) is 0 Å². The van der Waals surface area contributed by atoms with Crippen LogP contribution in [0.3, 0.4) is 0 Å². The predicted molar refractivity (Wildman–Crippen MR) is 43.7 cm³/mol. The molecule has 9 heavy (non-hydrogen) atoms. The molecule has 0 atom stereocenters. The summed E-state index contributed by atoms with van der Waals surface area (Å²) in [5, 5.41) is 0. The fraction of sp³-hybridized carbons (Fsp3) is 0.714. The second-order valence-electron chi connectivity index (χ2n) is 2.29. The molecule has 0 fully saturated rings. The Bertz CT molecular complexity index is 120. The van der Waals surface area contributed by atoms with E-state index in [4.69, 9.17) is 0 Å². The van der Waals surface area contributed by atoms with E-state index in [0.29, 0.717) is 0 Å². The number of rotatable bonds is 1. The minimum Gasteiger partial charge on any atom is -0.300 e. The molecule has 0 saturated carbocycles. The van der Waals surface area contributed by atoms with Gasteiger partial charge in [0.25, 0.3) is 0 Å². The van der Waals surface area contributed by atoms with Gasteiger partial charge in [0.05, 0.1) is 0 Å². The summed E-state index contributed by atoms with van der Waals surface area (Å²) in [4.78, 5) is 2.42. The van der Waals surface area contributed by atoms with Crippen LogP contribution in [0, 0.1) is 0 Å². The highest BCUT2D eigenvalue weighted by Gasteiger charge is 2.06. The van der Waals surface area contributed by atoms with Crippen molar-refractivity contribution < 1.29 is 0 Å². The first-order valence-electron chi connectivity index (χ1n) is 3.40. The van der Waals surface area contributed by atoms with Gasteiger partial charge in [0.1, 0.15) is 0 Å². The third-order valence-electron chi connectivity index (χ3n) is 1.69. The van der Waals surface area contributed by atoms with Gasteiger partial charge in [-0.05, 0) is 17.4 Å². The third kappa shape index (κ3) is 2.11. The van der Waals surface area contributed by atoms with Crippen LogP contribution in [-0.4, -0.2) is 24.5 Å². The van der Waals surface area contributed by atoms with Gasteiger partial charge in [0.15, 0.2) is 0 Å². The summed E-state index contributed by atoms with van der Waals surface area (Å²) >= 11 is 3.48. The van der Waals surface area contributed by atoms with E-state index in [9.17, 15) is 0 Å². The molecule has 1 aliphatic rings. The van der Waals surface area contributed by atoms with Crippen LogP contribution >= 0.6 is 15.9 Å². The molecule has 0 aromatic heterocycles. The Morgan fingerprint density at radius 1 is 1.78 bits per heavy atom. The molecule has 1 heterocycles. The van der Waals surface area contributed by atoms with Crippen LogP contribution in [0.1, 0.15) is 13.3 Å². The van der Waals surface area contributed by atoms with E-state index in [-0.39, 0.29) is 0 Å². The lowest BCUT2D eigenvalue weighted by atomic mass is 10.2. The van der Waals surface area contributed by atoms with Crippen molar-refractivity contribution in [1.82, 2.24) is 4.90 Å². The van der Waals surface area contributed by atoms with Crippen molar-refractivity contribution in [2.24, 2.45) is 0 Å². The molecule has 1 rings (SSSR count). The summed E-state index contributed by atoms with van der Waals surface area (Å²) in [6.45, 7) is 5.72. The molecule has 0 aliphatic carbocycles. The average Bonchev–Trinajstić information content (AvgIpc) is 1.90. The SMILES string of the molecule is CCN1CC=C(Br)CC1. The quantitative estimate of drug-likeness (QED) is 0.611. The van der Waals surface area contributed by atoms with Crippen LogP contribution in [-0.2, 0) is 0 Å².